The molecule has 1 aromatic carbocycles. The number of carbonyl (C=O) groups excluding carboxylic acids is 1. The van der Waals surface area contributed by atoms with Crippen LogP contribution in [-0.2, 0) is 11.3 Å². The van der Waals surface area contributed by atoms with Crippen LogP contribution in [0.3, 0.4) is 0 Å². The molecule has 98 valence electrons. The van der Waals surface area contributed by atoms with E-state index in [4.69, 9.17) is 27.6 Å². The van der Waals surface area contributed by atoms with E-state index in [9.17, 15) is 4.79 Å². The highest BCUT2D eigenvalue weighted by atomic mass is 35.5. The number of rotatable bonds is 4. The van der Waals surface area contributed by atoms with Gasteiger partial charge < -0.3 is 9.73 Å². The fraction of sp³-hybridized carbons (Fsp3) is 0.0714. The first-order valence-electron chi connectivity index (χ1n) is 5.58. The minimum absolute atomic E-state index is 0.206. The topological polar surface area (TPSA) is 42.2 Å². The van der Waals surface area contributed by atoms with E-state index in [1.807, 2.05) is 6.07 Å². The predicted octanol–water partition coefficient (Wildman–Crippen LogP) is 3.92. The van der Waals surface area contributed by atoms with E-state index in [1.165, 1.54) is 6.08 Å². The fourth-order valence-electron chi connectivity index (χ4n) is 1.44. The van der Waals surface area contributed by atoms with Gasteiger partial charge in [0.05, 0.1) is 16.3 Å². The summed E-state index contributed by atoms with van der Waals surface area (Å²) in [5.41, 5.74) is 0.883. The number of furan rings is 1. The SMILES string of the molecule is O=C(/C=C/c1ccco1)NCc1ccc(Cl)c(Cl)c1. The van der Waals surface area contributed by atoms with Crippen LogP contribution in [-0.4, -0.2) is 5.91 Å². The third-order valence-electron chi connectivity index (χ3n) is 2.39. The number of nitrogens with one attached hydrogen (secondary N) is 1. The molecule has 5 heteroatoms. The number of halogens is 2. The standard InChI is InChI=1S/C14H11Cl2NO2/c15-12-5-3-10(8-13(12)16)9-17-14(18)6-4-11-2-1-7-19-11/h1-8H,9H2,(H,17,18)/b6-4+. The Morgan fingerprint density at radius 3 is 2.79 bits per heavy atom. The first-order valence-corrected chi connectivity index (χ1v) is 6.34. The van der Waals surface area contributed by atoms with Crippen LogP contribution >= 0.6 is 23.2 Å². The molecule has 0 aliphatic carbocycles. The van der Waals surface area contributed by atoms with E-state index in [1.54, 1.807) is 36.6 Å². The number of carbonyl (C=O) groups is 1. The van der Waals surface area contributed by atoms with Crippen molar-refractivity contribution in [3.63, 3.8) is 0 Å². The molecule has 0 unspecified atom stereocenters. The van der Waals surface area contributed by atoms with Gasteiger partial charge in [-0.25, -0.2) is 0 Å². The summed E-state index contributed by atoms with van der Waals surface area (Å²) in [6.07, 6.45) is 4.56. The molecule has 1 aromatic heterocycles. The molecule has 0 atom stereocenters. The Labute approximate surface area is 120 Å². The van der Waals surface area contributed by atoms with Gasteiger partial charge in [-0.2, -0.15) is 0 Å². The van der Waals surface area contributed by atoms with Crippen molar-refractivity contribution in [3.8, 4) is 0 Å². The van der Waals surface area contributed by atoms with Crippen molar-refractivity contribution in [2.45, 2.75) is 6.54 Å². The zero-order valence-electron chi connectivity index (χ0n) is 9.90. The molecule has 1 amide bonds. The van der Waals surface area contributed by atoms with Gasteiger partial charge in [-0.1, -0.05) is 29.3 Å². The van der Waals surface area contributed by atoms with Gasteiger partial charge in [0.25, 0.3) is 0 Å². The van der Waals surface area contributed by atoms with Gasteiger partial charge in [0.15, 0.2) is 0 Å². The Morgan fingerprint density at radius 2 is 2.11 bits per heavy atom. The first-order chi connectivity index (χ1) is 9.15. The van der Waals surface area contributed by atoms with Crippen molar-refractivity contribution in [1.82, 2.24) is 5.32 Å². The van der Waals surface area contributed by atoms with Crippen LogP contribution in [0.2, 0.25) is 10.0 Å². The lowest BCUT2D eigenvalue weighted by molar-refractivity contribution is -0.116. The maximum Gasteiger partial charge on any atom is 0.244 e. The van der Waals surface area contributed by atoms with Crippen LogP contribution in [0.5, 0.6) is 0 Å². The molecule has 2 aromatic rings. The van der Waals surface area contributed by atoms with E-state index < -0.39 is 0 Å². The normalized spacial score (nSPS) is 10.8. The van der Waals surface area contributed by atoms with Crippen LogP contribution in [0.15, 0.2) is 47.1 Å². The molecule has 2 rings (SSSR count). The summed E-state index contributed by atoms with van der Waals surface area (Å²) in [6, 6.07) is 8.76. The lowest BCUT2D eigenvalue weighted by Crippen LogP contribution is -2.20. The lowest BCUT2D eigenvalue weighted by Gasteiger charge is -2.04. The Morgan fingerprint density at radius 1 is 1.26 bits per heavy atom. The van der Waals surface area contributed by atoms with Crippen LogP contribution in [0.1, 0.15) is 11.3 Å². The molecule has 0 saturated carbocycles. The molecule has 0 saturated heterocycles. The number of amides is 1. The van der Waals surface area contributed by atoms with E-state index in [2.05, 4.69) is 5.32 Å². The third kappa shape index (κ3) is 4.16. The van der Waals surface area contributed by atoms with Gasteiger partial charge >= 0.3 is 0 Å². The van der Waals surface area contributed by atoms with Gasteiger partial charge in [-0.3, -0.25) is 4.79 Å². The molecule has 0 aliphatic heterocycles. The van der Waals surface area contributed by atoms with Crippen LogP contribution < -0.4 is 5.32 Å². The van der Waals surface area contributed by atoms with Gasteiger partial charge in [-0.15, -0.1) is 0 Å². The minimum atomic E-state index is -0.206. The molecular formula is C14H11Cl2NO2. The van der Waals surface area contributed by atoms with Crippen molar-refractivity contribution in [2.75, 3.05) is 0 Å². The Balaban J connectivity index is 1.88. The summed E-state index contributed by atoms with van der Waals surface area (Å²) in [6.45, 7) is 0.387. The fourth-order valence-corrected chi connectivity index (χ4v) is 1.76. The van der Waals surface area contributed by atoms with Crippen molar-refractivity contribution < 1.29 is 9.21 Å². The smallest absolute Gasteiger partial charge is 0.244 e. The maximum atomic E-state index is 11.6. The first kappa shape index (κ1) is 13.7. The minimum Gasteiger partial charge on any atom is -0.465 e. The molecule has 1 heterocycles. The molecule has 0 bridgehead atoms. The van der Waals surface area contributed by atoms with Gasteiger partial charge in [0, 0.05) is 12.6 Å². The number of benzene rings is 1. The molecule has 3 nitrogen and oxygen atoms in total. The summed E-state index contributed by atoms with van der Waals surface area (Å²) in [4.78, 5) is 11.6. The van der Waals surface area contributed by atoms with Crippen LogP contribution in [0, 0.1) is 0 Å². The van der Waals surface area contributed by atoms with E-state index in [-0.39, 0.29) is 5.91 Å². The summed E-state index contributed by atoms with van der Waals surface area (Å²) in [7, 11) is 0. The molecule has 1 N–H and O–H groups in total. The maximum absolute atomic E-state index is 11.6. The van der Waals surface area contributed by atoms with Crippen LogP contribution in [0.25, 0.3) is 6.08 Å². The largest absolute Gasteiger partial charge is 0.465 e. The zero-order valence-corrected chi connectivity index (χ0v) is 11.4. The molecular weight excluding hydrogens is 285 g/mol. The van der Waals surface area contributed by atoms with E-state index >= 15 is 0 Å². The second-order valence-corrected chi connectivity index (χ2v) is 4.63. The average molecular weight is 296 g/mol. The molecule has 0 radical (unpaired) electrons. The summed E-state index contributed by atoms with van der Waals surface area (Å²) < 4.78 is 5.08. The monoisotopic (exact) mass is 295 g/mol. The van der Waals surface area contributed by atoms with Crippen molar-refractivity contribution >= 4 is 35.2 Å². The second-order valence-electron chi connectivity index (χ2n) is 3.82. The second kappa shape index (κ2) is 6.45. The quantitative estimate of drug-likeness (QED) is 0.869. The highest BCUT2D eigenvalue weighted by Gasteiger charge is 2.01. The summed E-state index contributed by atoms with van der Waals surface area (Å²) in [5.74, 6) is 0.423. The van der Waals surface area contributed by atoms with Gasteiger partial charge in [-0.05, 0) is 35.9 Å². The Kier molecular flexibility index (Phi) is 4.66. The Bertz CT molecular complexity index is 591. The van der Waals surface area contributed by atoms with Gasteiger partial charge in [0.2, 0.25) is 5.91 Å². The highest BCUT2D eigenvalue weighted by Crippen LogP contribution is 2.22. The Hall–Kier alpha value is -1.71. The van der Waals surface area contributed by atoms with E-state index in [0.29, 0.717) is 22.4 Å². The summed E-state index contributed by atoms with van der Waals surface area (Å²) >= 11 is 11.7. The average Bonchev–Trinajstić information content (AvgIpc) is 2.91. The van der Waals surface area contributed by atoms with E-state index in [0.717, 1.165) is 5.56 Å². The van der Waals surface area contributed by atoms with Crippen molar-refractivity contribution in [3.05, 3.63) is 64.0 Å². The van der Waals surface area contributed by atoms with Crippen molar-refractivity contribution in [1.29, 1.82) is 0 Å². The molecule has 0 spiro atoms. The van der Waals surface area contributed by atoms with Crippen LogP contribution in [0.4, 0.5) is 0 Å². The molecule has 0 aliphatic rings. The predicted molar refractivity (Wildman–Crippen MR) is 76.1 cm³/mol. The zero-order chi connectivity index (χ0) is 13.7. The number of hydrogen-bond donors (Lipinski definition) is 1. The highest BCUT2D eigenvalue weighted by molar-refractivity contribution is 6.42. The third-order valence-corrected chi connectivity index (χ3v) is 3.13. The van der Waals surface area contributed by atoms with Crippen molar-refractivity contribution in [2.24, 2.45) is 0 Å². The molecule has 0 fully saturated rings. The molecule has 19 heavy (non-hydrogen) atoms. The number of hydrogen-bond acceptors (Lipinski definition) is 2. The van der Waals surface area contributed by atoms with Gasteiger partial charge in [0.1, 0.15) is 5.76 Å². The summed E-state index contributed by atoms with van der Waals surface area (Å²) in [5, 5.41) is 3.71. The lowest BCUT2D eigenvalue weighted by atomic mass is 10.2.